The summed E-state index contributed by atoms with van der Waals surface area (Å²) < 4.78 is 17.2. The Morgan fingerprint density at radius 2 is 1.74 bits per heavy atom. The maximum atomic E-state index is 13.3. The molecule has 3 aromatic rings. The molecule has 0 radical (unpaired) electrons. The second kappa shape index (κ2) is 15.3. The number of unbranched alkanes of at least 4 members (excludes halogenated alkanes) is 1. The summed E-state index contributed by atoms with van der Waals surface area (Å²) in [5.41, 5.74) is 2.32. The zero-order chi connectivity index (χ0) is 30.6. The predicted molar refractivity (Wildman–Crippen MR) is 168 cm³/mol. The molecule has 0 saturated carbocycles. The summed E-state index contributed by atoms with van der Waals surface area (Å²) in [5.74, 6) is 1.50. The molecule has 0 aliphatic carbocycles. The Labute approximate surface area is 246 Å². The molecule has 1 aromatic carbocycles. The fraction of sp³-hybridized carbons (Fsp3) is 0.344. The van der Waals surface area contributed by atoms with Crippen molar-refractivity contribution >= 4 is 17.4 Å². The van der Waals surface area contributed by atoms with Crippen LogP contribution in [-0.4, -0.2) is 60.8 Å². The highest BCUT2D eigenvalue weighted by Gasteiger charge is 2.27. The molecule has 2 aromatic heterocycles. The third-order valence-electron chi connectivity index (χ3n) is 6.55. The first-order valence-corrected chi connectivity index (χ1v) is 13.7. The molecule has 0 saturated heterocycles. The molecule has 2 heterocycles. The summed E-state index contributed by atoms with van der Waals surface area (Å²) in [7, 11) is 6.23. The maximum absolute atomic E-state index is 13.3. The van der Waals surface area contributed by atoms with Crippen molar-refractivity contribution < 1.29 is 19.3 Å². The second-order valence-electron chi connectivity index (χ2n) is 9.45. The van der Waals surface area contributed by atoms with Crippen LogP contribution in [0, 0.1) is 0 Å². The van der Waals surface area contributed by atoms with Gasteiger partial charge in [-0.3, -0.25) is 19.8 Å². The summed E-state index contributed by atoms with van der Waals surface area (Å²) in [6.07, 6.45) is 4.83. The van der Waals surface area contributed by atoms with Crippen molar-refractivity contribution in [1.82, 2.24) is 9.97 Å². The number of aromatic hydroxyl groups is 1. The first-order chi connectivity index (χ1) is 20.3. The van der Waals surface area contributed by atoms with Crippen LogP contribution in [-0.2, 0) is 11.2 Å². The standard InChI is InChI=1S/C32H39N5O5/c1-8-9-13-22-26(27-24(40-6)15-12-16-25(27)41-7)29(38)28(31(39)37-22)32(34-5)42-21(3)18-17-20(2)36-30(33-4)23-14-10-11-19-35-23/h10-12,14-16,19H,3,8-9,13,17-18H2,1-2,4-7H3,(H2,37,38,39). The van der Waals surface area contributed by atoms with Crippen molar-refractivity contribution in [2.75, 3.05) is 28.3 Å². The average Bonchev–Trinajstić information content (AvgIpc) is 3.01. The largest absolute Gasteiger partial charge is 0.506 e. The summed E-state index contributed by atoms with van der Waals surface area (Å²) in [6.45, 7) is 7.95. The number of aromatic nitrogens is 2. The fourth-order valence-corrected chi connectivity index (χ4v) is 4.41. The molecule has 0 aliphatic rings. The molecule has 3 rings (SSSR count). The van der Waals surface area contributed by atoms with E-state index in [4.69, 9.17) is 14.2 Å². The van der Waals surface area contributed by atoms with Gasteiger partial charge in [-0.1, -0.05) is 32.1 Å². The van der Waals surface area contributed by atoms with E-state index in [1.165, 1.54) is 21.3 Å². The molecule has 0 unspecified atom stereocenters. The number of aliphatic imine (C=N–C) groups is 3. The van der Waals surface area contributed by atoms with Crippen molar-refractivity contribution in [3.05, 3.63) is 82.2 Å². The minimum atomic E-state index is -0.526. The number of H-pyrrole nitrogens is 1. The normalized spacial score (nSPS) is 12.3. The van der Waals surface area contributed by atoms with Crippen LogP contribution in [0.15, 0.2) is 74.7 Å². The summed E-state index contributed by atoms with van der Waals surface area (Å²) in [5, 5.41) is 11.7. The van der Waals surface area contributed by atoms with Crippen molar-refractivity contribution in [1.29, 1.82) is 0 Å². The highest BCUT2D eigenvalue weighted by molar-refractivity contribution is 6.05. The number of nitrogens with one attached hydrogen (secondary N) is 1. The number of benzene rings is 1. The molecule has 0 amide bonds. The second-order valence-corrected chi connectivity index (χ2v) is 9.45. The van der Waals surface area contributed by atoms with Crippen LogP contribution in [0.25, 0.3) is 11.1 Å². The van der Waals surface area contributed by atoms with E-state index < -0.39 is 5.56 Å². The number of hydrogen-bond donors (Lipinski definition) is 2. The zero-order valence-electron chi connectivity index (χ0n) is 25.2. The van der Waals surface area contributed by atoms with Crippen molar-refractivity contribution in [2.24, 2.45) is 15.0 Å². The lowest BCUT2D eigenvalue weighted by atomic mass is 9.95. The highest BCUT2D eigenvalue weighted by atomic mass is 16.5. The van der Waals surface area contributed by atoms with Gasteiger partial charge in [-0.05, 0) is 50.5 Å². The molecule has 0 bridgehead atoms. The third kappa shape index (κ3) is 7.51. The van der Waals surface area contributed by atoms with Crippen LogP contribution >= 0.6 is 0 Å². The molecule has 10 heteroatoms. The number of ether oxygens (including phenoxy) is 3. The monoisotopic (exact) mass is 573 g/mol. The quantitative estimate of drug-likeness (QED) is 0.162. The van der Waals surface area contributed by atoms with Crippen LogP contribution < -0.4 is 15.0 Å². The van der Waals surface area contributed by atoms with Gasteiger partial charge >= 0.3 is 0 Å². The van der Waals surface area contributed by atoms with E-state index in [-0.39, 0.29) is 17.2 Å². The van der Waals surface area contributed by atoms with Gasteiger partial charge in [-0.2, -0.15) is 0 Å². The number of nitrogens with zero attached hydrogens (tertiary/aromatic N) is 4. The summed E-state index contributed by atoms with van der Waals surface area (Å²) >= 11 is 0. The molecule has 10 nitrogen and oxygen atoms in total. The van der Waals surface area contributed by atoms with E-state index in [9.17, 15) is 9.90 Å². The maximum Gasteiger partial charge on any atom is 0.264 e. The average molecular weight is 574 g/mol. The van der Waals surface area contributed by atoms with Gasteiger partial charge in [-0.25, -0.2) is 4.99 Å². The van der Waals surface area contributed by atoms with E-state index in [0.717, 1.165) is 18.6 Å². The van der Waals surface area contributed by atoms with Crippen LogP contribution in [0.4, 0.5) is 0 Å². The van der Waals surface area contributed by atoms with Gasteiger partial charge in [0.15, 0.2) is 5.84 Å². The van der Waals surface area contributed by atoms with Crippen molar-refractivity contribution in [2.45, 2.75) is 46.0 Å². The minimum absolute atomic E-state index is 0.0604. The van der Waals surface area contributed by atoms with Gasteiger partial charge in [0.25, 0.3) is 5.56 Å². The van der Waals surface area contributed by atoms with Gasteiger partial charge in [0.05, 0.1) is 31.1 Å². The molecule has 0 aliphatic heterocycles. The van der Waals surface area contributed by atoms with Gasteiger partial charge in [0.1, 0.15) is 28.5 Å². The number of amidine groups is 1. The SMILES string of the molecule is C=C(CCC(C)=NC(=NC)c1ccccn1)OC(=NC)c1c(O)c(-c2c(OC)cccc2OC)c(CCCC)[nH]c1=O. The summed E-state index contributed by atoms with van der Waals surface area (Å²) in [4.78, 5) is 33.6. The van der Waals surface area contributed by atoms with E-state index in [1.807, 2.05) is 25.1 Å². The van der Waals surface area contributed by atoms with Gasteiger partial charge in [0, 0.05) is 38.1 Å². The fourth-order valence-electron chi connectivity index (χ4n) is 4.41. The number of aryl methyl sites for hydroxylation is 1. The number of allylic oxidation sites excluding steroid dienone is 1. The minimum Gasteiger partial charge on any atom is -0.506 e. The molecule has 0 fully saturated rings. The third-order valence-corrected chi connectivity index (χ3v) is 6.55. The predicted octanol–water partition coefficient (Wildman–Crippen LogP) is 5.73. The first kappa shape index (κ1) is 31.8. The lowest BCUT2D eigenvalue weighted by Gasteiger charge is -2.20. The Bertz CT molecular complexity index is 1520. The molecular weight excluding hydrogens is 534 g/mol. The Balaban J connectivity index is 1.94. The molecule has 42 heavy (non-hydrogen) atoms. The smallest absolute Gasteiger partial charge is 0.264 e. The van der Waals surface area contributed by atoms with E-state index in [0.29, 0.717) is 64.9 Å². The molecule has 2 N–H and O–H groups in total. The topological polar surface area (TPSA) is 131 Å². The van der Waals surface area contributed by atoms with Gasteiger partial charge < -0.3 is 24.3 Å². The Morgan fingerprint density at radius 3 is 2.31 bits per heavy atom. The van der Waals surface area contributed by atoms with Crippen LogP contribution in [0.5, 0.6) is 17.2 Å². The number of rotatable bonds is 12. The van der Waals surface area contributed by atoms with Gasteiger partial charge in [0.2, 0.25) is 5.90 Å². The number of hydrogen-bond acceptors (Lipinski definition) is 8. The summed E-state index contributed by atoms with van der Waals surface area (Å²) in [6, 6.07) is 10.9. The Morgan fingerprint density at radius 1 is 1.02 bits per heavy atom. The highest BCUT2D eigenvalue weighted by Crippen LogP contribution is 2.44. The molecule has 0 spiro atoms. The lowest BCUT2D eigenvalue weighted by molar-refractivity contribution is 0.391. The zero-order valence-corrected chi connectivity index (χ0v) is 25.2. The molecule has 0 atom stereocenters. The van der Waals surface area contributed by atoms with Crippen molar-refractivity contribution in [3.8, 4) is 28.4 Å². The number of aromatic amines is 1. The first-order valence-electron chi connectivity index (χ1n) is 13.7. The number of pyridine rings is 2. The lowest BCUT2D eigenvalue weighted by Crippen LogP contribution is -2.23. The Kier molecular flexibility index (Phi) is 11.6. The van der Waals surface area contributed by atoms with E-state index >= 15 is 0 Å². The molecule has 222 valence electrons. The molecular formula is C32H39N5O5. The van der Waals surface area contributed by atoms with Crippen LogP contribution in [0.2, 0.25) is 0 Å². The van der Waals surface area contributed by atoms with Crippen LogP contribution in [0.3, 0.4) is 0 Å². The van der Waals surface area contributed by atoms with E-state index in [2.05, 4.69) is 38.4 Å². The van der Waals surface area contributed by atoms with Crippen molar-refractivity contribution in [3.63, 3.8) is 0 Å². The Hall–Kier alpha value is -4.73. The van der Waals surface area contributed by atoms with Gasteiger partial charge in [-0.15, -0.1) is 0 Å². The van der Waals surface area contributed by atoms with E-state index in [1.54, 1.807) is 31.4 Å². The number of methoxy groups -OCH3 is 2. The van der Waals surface area contributed by atoms with Crippen LogP contribution in [0.1, 0.15) is 56.5 Å².